The molecule has 0 spiro atoms. The highest BCUT2D eigenvalue weighted by atomic mass is 16.5. The van der Waals surface area contributed by atoms with E-state index in [0.29, 0.717) is 26.0 Å². The van der Waals surface area contributed by atoms with E-state index in [1.165, 1.54) is 13.5 Å². The van der Waals surface area contributed by atoms with Crippen molar-refractivity contribution in [3.63, 3.8) is 0 Å². The fourth-order valence-electron chi connectivity index (χ4n) is 3.29. The van der Waals surface area contributed by atoms with Gasteiger partial charge >= 0.3 is 5.97 Å². The van der Waals surface area contributed by atoms with Gasteiger partial charge in [-0.1, -0.05) is 37.5 Å². The summed E-state index contributed by atoms with van der Waals surface area (Å²) in [5, 5.41) is 0. The number of carbonyl (C=O) groups is 2. The fourth-order valence-corrected chi connectivity index (χ4v) is 3.29. The van der Waals surface area contributed by atoms with Crippen molar-refractivity contribution in [2.45, 2.75) is 57.4 Å². The van der Waals surface area contributed by atoms with E-state index in [-0.39, 0.29) is 24.3 Å². The summed E-state index contributed by atoms with van der Waals surface area (Å²) in [6.45, 7) is 0.973. The summed E-state index contributed by atoms with van der Waals surface area (Å²) >= 11 is 0. The number of rotatable bonds is 9. The number of para-hydroxylation sites is 1. The second-order valence-electron chi connectivity index (χ2n) is 6.47. The molecule has 138 valence electrons. The Balaban J connectivity index is 1.80. The van der Waals surface area contributed by atoms with Gasteiger partial charge in [0.1, 0.15) is 5.75 Å². The Bertz CT molecular complexity index is 526. The van der Waals surface area contributed by atoms with Crippen LogP contribution in [0.25, 0.3) is 0 Å². The van der Waals surface area contributed by atoms with Crippen LogP contribution < -0.4 is 4.74 Å². The number of carbonyl (C=O) groups excluding carboxylic acids is 2. The predicted octanol–water partition coefficient (Wildman–Crippen LogP) is 3.57. The van der Waals surface area contributed by atoms with Crippen LogP contribution in [0.5, 0.6) is 5.75 Å². The summed E-state index contributed by atoms with van der Waals surface area (Å²) in [5.41, 5.74) is 0. The second-order valence-corrected chi connectivity index (χ2v) is 6.47. The Kier molecular flexibility index (Phi) is 8.29. The number of nitrogens with zero attached hydrogens (tertiary/aromatic N) is 1. The van der Waals surface area contributed by atoms with Crippen molar-refractivity contribution < 1.29 is 19.1 Å². The van der Waals surface area contributed by atoms with Gasteiger partial charge in [-0.25, -0.2) is 0 Å². The van der Waals surface area contributed by atoms with Crippen LogP contribution in [-0.2, 0) is 14.3 Å². The van der Waals surface area contributed by atoms with Crippen molar-refractivity contribution in [2.24, 2.45) is 0 Å². The molecule has 0 saturated heterocycles. The highest BCUT2D eigenvalue weighted by Crippen LogP contribution is 2.23. The summed E-state index contributed by atoms with van der Waals surface area (Å²) in [6, 6.07) is 9.88. The molecular weight excluding hydrogens is 318 g/mol. The standard InChI is InChI=1S/C20H29NO4/c1-24-20(23)14-15-21(17-9-4-2-5-10-17)19(22)13-8-16-25-18-11-6-3-7-12-18/h3,6-7,11-12,17H,2,4-5,8-10,13-16H2,1H3. The monoisotopic (exact) mass is 347 g/mol. The maximum atomic E-state index is 12.7. The average Bonchev–Trinajstić information content (AvgIpc) is 2.67. The average molecular weight is 347 g/mol. The minimum Gasteiger partial charge on any atom is -0.494 e. The quantitative estimate of drug-likeness (QED) is 0.506. The number of amides is 1. The summed E-state index contributed by atoms with van der Waals surface area (Å²) in [4.78, 5) is 26.0. The zero-order valence-electron chi connectivity index (χ0n) is 15.1. The van der Waals surface area contributed by atoms with Crippen molar-refractivity contribution in [2.75, 3.05) is 20.3 Å². The number of benzene rings is 1. The van der Waals surface area contributed by atoms with Crippen LogP contribution in [0.4, 0.5) is 0 Å². The maximum absolute atomic E-state index is 12.7. The van der Waals surface area contributed by atoms with Crippen LogP contribution in [0.15, 0.2) is 30.3 Å². The minimum atomic E-state index is -0.263. The lowest BCUT2D eigenvalue weighted by Crippen LogP contribution is -2.42. The number of esters is 1. The molecule has 1 aliphatic rings. The molecule has 0 aliphatic heterocycles. The van der Waals surface area contributed by atoms with Crippen molar-refractivity contribution >= 4 is 11.9 Å². The van der Waals surface area contributed by atoms with Gasteiger partial charge in [0.05, 0.1) is 20.1 Å². The maximum Gasteiger partial charge on any atom is 0.307 e. The Labute approximate surface area is 150 Å². The Morgan fingerprint density at radius 1 is 1.08 bits per heavy atom. The van der Waals surface area contributed by atoms with Gasteiger partial charge in [0.15, 0.2) is 0 Å². The van der Waals surface area contributed by atoms with Crippen LogP contribution in [0, 0.1) is 0 Å². The van der Waals surface area contributed by atoms with Crippen molar-refractivity contribution in [3.05, 3.63) is 30.3 Å². The zero-order chi connectivity index (χ0) is 17.9. The Morgan fingerprint density at radius 2 is 1.80 bits per heavy atom. The van der Waals surface area contributed by atoms with Gasteiger partial charge in [0.2, 0.25) is 5.91 Å². The number of hydrogen-bond acceptors (Lipinski definition) is 4. The molecule has 2 rings (SSSR count). The third kappa shape index (κ3) is 6.77. The molecule has 0 heterocycles. The lowest BCUT2D eigenvalue weighted by Gasteiger charge is -2.34. The first-order valence-electron chi connectivity index (χ1n) is 9.25. The Morgan fingerprint density at radius 3 is 2.48 bits per heavy atom. The van der Waals surface area contributed by atoms with E-state index in [1.807, 2.05) is 35.2 Å². The minimum absolute atomic E-state index is 0.118. The topological polar surface area (TPSA) is 55.8 Å². The molecule has 5 heteroatoms. The van der Waals surface area contributed by atoms with Crippen molar-refractivity contribution in [1.82, 2.24) is 4.90 Å². The number of hydrogen-bond donors (Lipinski definition) is 0. The van der Waals surface area contributed by atoms with Crippen LogP contribution in [-0.4, -0.2) is 43.1 Å². The first kappa shape index (κ1) is 19.3. The summed E-state index contributed by atoms with van der Waals surface area (Å²) < 4.78 is 10.4. The van der Waals surface area contributed by atoms with E-state index in [0.717, 1.165) is 31.4 Å². The highest BCUT2D eigenvalue weighted by molar-refractivity contribution is 5.77. The molecule has 0 N–H and O–H groups in total. The van der Waals surface area contributed by atoms with E-state index in [1.54, 1.807) is 0 Å². The normalized spacial score (nSPS) is 14.8. The second kappa shape index (κ2) is 10.7. The van der Waals surface area contributed by atoms with Gasteiger partial charge in [-0.15, -0.1) is 0 Å². The Hall–Kier alpha value is -2.04. The molecule has 0 aromatic heterocycles. The van der Waals surface area contributed by atoms with Gasteiger partial charge in [0.25, 0.3) is 0 Å². The molecule has 5 nitrogen and oxygen atoms in total. The van der Waals surface area contributed by atoms with Crippen molar-refractivity contribution in [1.29, 1.82) is 0 Å². The summed E-state index contributed by atoms with van der Waals surface area (Å²) in [6.07, 6.45) is 7.01. The van der Waals surface area contributed by atoms with Gasteiger partial charge < -0.3 is 14.4 Å². The van der Waals surface area contributed by atoms with Crippen LogP contribution >= 0.6 is 0 Å². The van der Waals surface area contributed by atoms with E-state index in [2.05, 4.69) is 0 Å². The molecule has 25 heavy (non-hydrogen) atoms. The molecule has 1 aromatic carbocycles. The first-order valence-corrected chi connectivity index (χ1v) is 9.25. The van der Waals surface area contributed by atoms with Crippen LogP contribution in [0.2, 0.25) is 0 Å². The molecule has 0 radical (unpaired) electrons. The number of methoxy groups -OCH3 is 1. The molecule has 0 unspecified atom stereocenters. The molecular formula is C20H29NO4. The van der Waals surface area contributed by atoms with E-state index < -0.39 is 0 Å². The molecule has 1 amide bonds. The van der Waals surface area contributed by atoms with Crippen LogP contribution in [0.3, 0.4) is 0 Å². The summed E-state index contributed by atoms with van der Waals surface area (Å²) in [7, 11) is 1.38. The zero-order valence-corrected chi connectivity index (χ0v) is 15.1. The third-order valence-corrected chi connectivity index (χ3v) is 4.67. The highest BCUT2D eigenvalue weighted by Gasteiger charge is 2.25. The van der Waals surface area contributed by atoms with E-state index in [9.17, 15) is 9.59 Å². The number of ether oxygens (including phenoxy) is 2. The van der Waals surface area contributed by atoms with E-state index in [4.69, 9.17) is 9.47 Å². The largest absolute Gasteiger partial charge is 0.494 e. The molecule has 1 aromatic rings. The van der Waals surface area contributed by atoms with Crippen molar-refractivity contribution in [3.8, 4) is 5.75 Å². The lowest BCUT2D eigenvalue weighted by molar-refractivity contribution is -0.142. The molecule has 0 bridgehead atoms. The predicted molar refractivity (Wildman–Crippen MR) is 96.4 cm³/mol. The van der Waals surface area contributed by atoms with Gasteiger partial charge in [-0.05, 0) is 31.4 Å². The molecule has 1 saturated carbocycles. The van der Waals surface area contributed by atoms with Gasteiger partial charge in [-0.2, -0.15) is 0 Å². The lowest BCUT2D eigenvalue weighted by atomic mass is 9.93. The smallest absolute Gasteiger partial charge is 0.307 e. The molecule has 0 atom stereocenters. The third-order valence-electron chi connectivity index (χ3n) is 4.67. The fraction of sp³-hybridized carbons (Fsp3) is 0.600. The first-order chi connectivity index (χ1) is 12.2. The van der Waals surface area contributed by atoms with Crippen LogP contribution in [0.1, 0.15) is 51.4 Å². The van der Waals surface area contributed by atoms with Gasteiger partial charge in [0, 0.05) is 19.0 Å². The summed E-state index contributed by atoms with van der Waals surface area (Å²) in [5.74, 6) is 0.679. The SMILES string of the molecule is COC(=O)CCN(C(=O)CCCOc1ccccc1)C1CCCCC1. The van der Waals surface area contributed by atoms with Gasteiger partial charge in [-0.3, -0.25) is 9.59 Å². The van der Waals surface area contributed by atoms with E-state index >= 15 is 0 Å². The molecule has 1 aliphatic carbocycles. The molecule has 1 fully saturated rings.